The van der Waals surface area contributed by atoms with Crippen molar-refractivity contribution >= 4 is 17.2 Å². The van der Waals surface area contributed by atoms with E-state index in [1.807, 2.05) is 19.1 Å². The van der Waals surface area contributed by atoms with Gasteiger partial charge in [0.15, 0.2) is 5.65 Å². The van der Waals surface area contributed by atoms with E-state index in [-0.39, 0.29) is 16.9 Å². The van der Waals surface area contributed by atoms with Crippen molar-refractivity contribution < 1.29 is 18.3 Å². The molecule has 8 heteroatoms. The van der Waals surface area contributed by atoms with E-state index in [2.05, 4.69) is 15.4 Å². The molecule has 1 amide bonds. The lowest BCUT2D eigenvalue weighted by Gasteiger charge is -2.09. The van der Waals surface area contributed by atoms with Crippen LogP contribution in [0.3, 0.4) is 0 Å². The maximum absolute atomic E-state index is 13.7. The molecule has 0 aliphatic heterocycles. The summed E-state index contributed by atoms with van der Waals surface area (Å²) in [7, 11) is 1.52. The fraction of sp³-hybridized carbons (Fsp3) is 0.136. The van der Waals surface area contributed by atoms with Gasteiger partial charge in [0.05, 0.1) is 19.0 Å². The SMILES string of the molecule is COc1cccc(NC(=O)c2cnn3c(C(F)F)cc(-c4ccc(C)cc4)nc23)c1. The van der Waals surface area contributed by atoms with Crippen molar-refractivity contribution in [2.45, 2.75) is 13.3 Å². The van der Waals surface area contributed by atoms with Crippen molar-refractivity contribution in [1.82, 2.24) is 14.6 Å². The monoisotopic (exact) mass is 408 g/mol. The molecule has 0 saturated heterocycles. The highest BCUT2D eigenvalue weighted by molar-refractivity contribution is 6.08. The van der Waals surface area contributed by atoms with Crippen LogP contribution >= 0.6 is 0 Å². The topological polar surface area (TPSA) is 68.5 Å². The predicted octanol–water partition coefficient (Wildman–Crippen LogP) is 4.90. The summed E-state index contributed by atoms with van der Waals surface area (Å²) < 4.78 is 33.5. The lowest BCUT2D eigenvalue weighted by Crippen LogP contribution is -2.12. The van der Waals surface area contributed by atoms with Gasteiger partial charge in [-0.3, -0.25) is 4.79 Å². The van der Waals surface area contributed by atoms with Crippen LogP contribution in [0.25, 0.3) is 16.9 Å². The average molecular weight is 408 g/mol. The van der Waals surface area contributed by atoms with Crippen LogP contribution in [0.15, 0.2) is 60.8 Å². The Morgan fingerprint density at radius 3 is 2.60 bits per heavy atom. The van der Waals surface area contributed by atoms with Gasteiger partial charge in [-0.1, -0.05) is 35.9 Å². The first-order valence-corrected chi connectivity index (χ1v) is 9.15. The summed E-state index contributed by atoms with van der Waals surface area (Å²) in [6.45, 7) is 1.93. The first-order chi connectivity index (χ1) is 14.5. The Labute approximate surface area is 171 Å². The van der Waals surface area contributed by atoms with E-state index in [1.54, 1.807) is 36.4 Å². The molecule has 152 valence electrons. The minimum atomic E-state index is -2.78. The van der Waals surface area contributed by atoms with Crippen molar-refractivity contribution in [3.8, 4) is 17.0 Å². The fourth-order valence-electron chi connectivity index (χ4n) is 3.07. The Bertz CT molecular complexity index is 1220. The Kier molecular flexibility index (Phi) is 5.14. The Morgan fingerprint density at radius 1 is 1.13 bits per heavy atom. The van der Waals surface area contributed by atoms with Crippen molar-refractivity contribution in [3.63, 3.8) is 0 Å². The van der Waals surface area contributed by atoms with E-state index in [0.717, 1.165) is 10.1 Å². The van der Waals surface area contributed by atoms with Crippen LogP contribution in [0, 0.1) is 6.92 Å². The number of aryl methyl sites for hydroxylation is 1. The van der Waals surface area contributed by atoms with Gasteiger partial charge in [0.25, 0.3) is 12.3 Å². The molecule has 0 saturated carbocycles. The number of rotatable bonds is 5. The van der Waals surface area contributed by atoms with E-state index in [1.165, 1.54) is 19.4 Å². The number of benzene rings is 2. The summed E-state index contributed by atoms with van der Waals surface area (Å²) in [5.41, 5.74) is 2.37. The number of halogens is 2. The molecule has 0 radical (unpaired) electrons. The first kappa shape index (κ1) is 19.5. The predicted molar refractivity (Wildman–Crippen MR) is 109 cm³/mol. The smallest absolute Gasteiger partial charge is 0.280 e. The second-order valence-corrected chi connectivity index (χ2v) is 6.71. The number of hydrogen-bond donors (Lipinski definition) is 1. The summed E-state index contributed by atoms with van der Waals surface area (Å²) >= 11 is 0. The lowest BCUT2D eigenvalue weighted by atomic mass is 10.1. The number of methoxy groups -OCH3 is 1. The standard InChI is InChI=1S/C22H18F2N4O2/c1-13-6-8-14(9-7-13)18-11-19(20(23)24)28-21(27-18)17(12-25-28)22(29)26-15-4-3-5-16(10-15)30-2/h3-12,20H,1-2H3,(H,26,29). The van der Waals surface area contributed by atoms with Crippen molar-refractivity contribution in [1.29, 1.82) is 0 Å². The number of fused-ring (bicyclic) bond motifs is 1. The normalized spacial score (nSPS) is 11.1. The summed E-state index contributed by atoms with van der Waals surface area (Å²) in [5, 5.41) is 6.70. The zero-order valence-corrected chi connectivity index (χ0v) is 16.3. The van der Waals surface area contributed by atoms with Gasteiger partial charge < -0.3 is 10.1 Å². The molecule has 0 atom stereocenters. The van der Waals surface area contributed by atoms with E-state index in [0.29, 0.717) is 22.7 Å². The van der Waals surface area contributed by atoms with Gasteiger partial charge in [-0.05, 0) is 25.1 Å². The van der Waals surface area contributed by atoms with Gasteiger partial charge in [-0.15, -0.1) is 0 Å². The van der Waals surface area contributed by atoms with Crippen molar-refractivity contribution in [2.75, 3.05) is 12.4 Å². The van der Waals surface area contributed by atoms with E-state index < -0.39 is 12.3 Å². The molecule has 0 unspecified atom stereocenters. The number of hydrogen-bond acceptors (Lipinski definition) is 4. The molecule has 6 nitrogen and oxygen atoms in total. The third-order valence-corrected chi connectivity index (χ3v) is 4.64. The van der Waals surface area contributed by atoms with Gasteiger partial charge in [-0.25, -0.2) is 18.3 Å². The minimum absolute atomic E-state index is 0.0590. The van der Waals surface area contributed by atoms with Gasteiger partial charge in [-0.2, -0.15) is 5.10 Å². The van der Waals surface area contributed by atoms with Crippen LogP contribution in [0.2, 0.25) is 0 Å². The number of anilines is 1. The molecule has 1 N–H and O–H groups in total. The fourth-order valence-corrected chi connectivity index (χ4v) is 3.07. The molecule has 2 heterocycles. The zero-order valence-electron chi connectivity index (χ0n) is 16.3. The highest BCUT2D eigenvalue weighted by Gasteiger charge is 2.21. The van der Waals surface area contributed by atoms with Crippen molar-refractivity contribution in [3.05, 3.63) is 77.6 Å². The van der Waals surface area contributed by atoms with Crippen molar-refractivity contribution in [2.24, 2.45) is 0 Å². The molecule has 0 aliphatic rings. The summed E-state index contributed by atoms with van der Waals surface area (Å²) in [5.74, 6) is 0.0689. The summed E-state index contributed by atoms with van der Waals surface area (Å²) in [6, 6.07) is 15.5. The Hall–Kier alpha value is -3.81. The van der Waals surface area contributed by atoms with Crippen LogP contribution in [0.4, 0.5) is 14.5 Å². The second kappa shape index (κ2) is 7.90. The molecule has 0 aliphatic carbocycles. The number of aromatic nitrogens is 3. The van der Waals surface area contributed by atoms with Crippen LogP contribution in [0.5, 0.6) is 5.75 Å². The maximum Gasteiger partial charge on any atom is 0.280 e. The number of ether oxygens (including phenoxy) is 1. The Morgan fingerprint density at radius 2 is 1.90 bits per heavy atom. The zero-order chi connectivity index (χ0) is 21.3. The molecule has 30 heavy (non-hydrogen) atoms. The van der Waals surface area contributed by atoms with Crippen LogP contribution in [-0.4, -0.2) is 27.6 Å². The summed E-state index contributed by atoms with van der Waals surface area (Å²) in [4.78, 5) is 17.3. The highest BCUT2D eigenvalue weighted by Crippen LogP contribution is 2.27. The number of alkyl halides is 2. The summed E-state index contributed by atoms with van der Waals surface area (Å²) in [6.07, 6.45) is -1.54. The number of nitrogens with zero attached hydrogens (tertiary/aromatic N) is 3. The third kappa shape index (κ3) is 3.71. The van der Waals surface area contributed by atoms with Gasteiger partial charge in [0.1, 0.15) is 17.0 Å². The van der Waals surface area contributed by atoms with Gasteiger partial charge in [0.2, 0.25) is 0 Å². The van der Waals surface area contributed by atoms with E-state index in [4.69, 9.17) is 4.74 Å². The highest BCUT2D eigenvalue weighted by atomic mass is 19.3. The lowest BCUT2D eigenvalue weighted by molar-refractivity contribution is 0.102. The van der Waals surface area contributed by atoms with Crippen LogP contribution in [0.1, 0.15) is 28.0 Å². The molecule has 0 fully saturated rings. The Balaban J connectivity index is 1.78. The van der Waals surface area contributed by atoms with Gasteiger partial charge in [0, 0.05) is 17.3 Å². The first-order valence-electron chi connectivity index (χ1n) is 9.15. The average Bonchev–Trinajstić information content (AvgIpc) is 3.17. The van der Waals surface area contributed by atoms with Crippen LogP contribution in [-0.2, 0) is 0 Å². The minimum Gasteiger partial charge on any atom is -0.497 e. The number of amides is 1. The van der Waals surface area contributed by atoms with Crippen LogP contribution < -0.4 is 10.1 Å². The third-order valence-electron chi connectivity index (χ3n) is 4.64. The number of carbonyl (C=O) groups is 1. The van der Waals surface area contributed by atoms with E-state index in [9.17, 15) is 13.6 Å². The maximum atomic E-state index is 13.7. The molecule has 0 bridgehead atoms. The molecule has 4 aromatic rings. The second-order valence-electron chi connectivity index (χ2n) is 6.71. The largest absolute Gasteiger partial charge is 0.497 e. The van der Waals surface area contributed by atoms with Gasteiger partial charge >= 0.3 is 0 Å². The molecule has 2 aromatic carbocycles. The molecule has 4 rings (SSSR count). The van der Waals surface area contributed by atoms with E-state index >= 15 is 0 Å². The molecular weight excluding hydrogens is 390 g/mol. The number of carbonyl (C=O) groups excluding carboxylic acids is 1. The molecule has 0 spiro atoms. The molecule has 2 aromatic heterocycles. The molecular formula is C22H18F2N4O2. The quantitative estimate of drug-likeness (QED) is 0.510. The number of nitrogens with one attached hydrogen (secondary N) is 1.